The second-order valence-electron chi connectivity index (χ2n) is 4.78. The highest BCUT2D eigenvalue weighted by Crippen LogP contribution is 2.34. The molecule has 25 heavy (non-hydrogen) atoms. The van der Waals surface area contributed by atoms with Gasteiger partial charge in [0.1, 0.15) is 5.76 Å². The van der Waals surface area contributed by atoms with Crippen molar-refractivity contribution in [1.82, 2.24) is 15.4 Å². The summed E-state index contributed by atoms with van der Waals surface area (Å²) in [6.45, 7) is 1.75. The standard InChI is InChI=1S/C14H9Cl3N4O3S/c1-6-2-10(21-24-6)13-19-20-14(23-13)25-5-11(22)18-12-8(16)3-7(15)4-9(12)17/h2-4H,5H2,1H3,(H,18,22). The number of hydrogen-bond acceptors (Lipinski definition) is 7. The van der Waals surface area contributed by atoms with E-state index in [1.54, 1.807) is 13.0 Å². The summed E-state index contributed by atoms with van der Waals surface area (Å²) in [6.07, 6.45) is 0. The highest BCUT2D eigenvalue weighted by Gasteiger charge is 2.16. The maximum Gasteiger partial charge on any atom is 0.277 e. The fraction of sp³-hybridized carbons (Fsp3) is 0.143. The molecule has 0 atom stereocenters. The topological polar surface area (TPSA) is 94.1 Å². The lowest BCUT2D eigenvalue weighted by Gasteiger charge is -2.09. The minimum absolute atomic E-state index is 0.0226. The molecule has 1 N–H and O–H groups in total. The third-order valence-electron chi connectivity index (χ3n) is 2.85. The van der Waals surface area contributed by atoms with Crippen LogP contribution in [-0.4, -0.2) is 27.0 Å². The van der Waals surface area contributed by atoms with Crippen LogP contribution in [0, 0.1) is 6.92 Å². The van der Waals surface area contributed by atoms with Crippen molar-refractivity contribution in [2.45, 2.75) is 12.1 Å². The number of carbonyl (C=O) groups is 1. The first-order chi connectivity index (χ1) is 11.9. The average Bonchev–Trinajstić information content (AvgIpc) is 3.17. The third kappa shape index (κ3) is 4.46. The number of hydrogen-bond donors (Lipinski definition) is 1. The molecule has 0 aliphatic heterocycles. The molecule has 130 valence electrons. The average molecular weight is 420 g/mol. The number of halogens is 3. The Kier molecular flexibility index (Phi) is 5.53. The van der Waals surface area contributed by atoms with Crippen LogP contribution in [0.4, 0.5) is 5.69 Å². The molecular formula is C14H9Cl3N4O3S. The number of benzene rings is 1. The van der Waals surface area contributed by atoms with Crippen LogP contribution < -0.4 is 5.32 Å². The highest BCUT2D eigenvalue weighted by atomic mass is 35.5. The van der Waals surface area contributed by atoms with Crippen molar-refractivity contribution in [1.29, 1.82) is 0 Å². The number of aryl methyl sites for hydroxylation is 1. The Labute approximate surface area is 161 Å². The maximum absolute atomic E-state index is 12.1. The van der Waals surface area contributed by atoms with Crippen LogP contribution in [-0.2, 0) is 4.79 Å². The Morgan fingerprint density at radius 2 is 1.92 bits per heavy atom. The molecule has 2 aromatic heterocycles. The second kappa shape index (κ2) is 7.65. The number of anilines is 1. The summed E-state index contributed by atoms with van der Waals surface area (Å²) in [5, 5.41) is 15.2. The number of thioether (sulfide) groups is 1. The van der Waals surface area contributed by atoms with Crippen LogP contribution >= 0.6 is 46.6 Å². The first-order valence-electron chi connectivity index (χ1n) is 6.77. The number of carbonyl (C=O) groups excluding carboxylic acids is 1. The van der Waals surface area contributed by atoms with Crippen LogP contribution in [0.1, 0.15) is 5.76 Å². The van der Waals surface area contributed by atoms with Gasteiger partial charge in [-0.3, -0.25) is 4.79 Å². The summed E-state index contributed by atoms with van der Waals surface area (Å²) in [4.78, 5) is 12.1. The first kappa shape index (κ1) is 18.1. The molecule has 0 bridgehead atoms. The molecular weight excluding hydrogens is 411 g/mol. The lowest BCUT2D eigenvalue weighted by atomic mass is 10.3. The lowest BCUT2D eigenvalue weighted by Crippen LogP contribution is -2.14. The predicted molar refractivity (Wildman–Crippen MR) is 95.4 cm³/mol. The molecule has 0 spiro atoms. The van der Waals surface area contributed by atoms with Gasteiger partial charge in [0.2, 0.25) is 5.91 Å². The van der Waals surface area contributed by atoms with Crippen LogP contribution in [0.5, 0.6) is 0 Å². The summed E-state index contributed by atoms with van der Waals surface area (Å²) in [7, 11) is 0. The fourth-order valence-corrected chi connectivity index (χ4v) is 3.28. The van der Waals surface area contributed by atoms with E-state index in [4.69, 9.17) is 43.7 Å². The Balaban J connectivity index is 1.61. The van der Waals surface area contributed by atoms with E-state index in [9.17, 15) is 4.79 Å². The Morgan fingerprint density at radius 3 is 2.56 bits per heavy atom. The van der Waals surface area contributed by atoms with Gasteiger partial charge >= 0.3 is 0 Å². The van der Waals surface area contributed by atoms with Crippen molar-refractivity contribution < 1.29 is 13.7 Å². The lowest BCUT2D eigenvalue weighted by molar-refractivity contribution is -0.113. The Hall–Kier alpha value is -1.74. The third-order valence-corrected chi connectivity index (χ3v) is 4.48. The van der Waals surface area contributed by atoms with Gasteiger partial charge < -0.3 is 14.3 Å². The molecule has 1 amide bonds. The zero-order valence-corrected chi connectivity index (χ0v) is 15.6. The van der Waals surface area contributed by atoms with Crippen LogP contribution in [0.2, 0.25) is 15.1 Å². The van der Waals surface area contributed by atoms with Gasteiger partial charge in [0, 0.05) is 11.1 Å². The molecule has 7 nitrogen and oxygen atoms in total. The van der Waals surface area contributed by atoms with Gasteiger partial charge in [-0.05, 0) is 19.1 Å². The zero-order valence-electron chi connectivity index (χ0n) is 12.5. The minimum atomic E-state index is -0.340. The van der Waals surface area contributed by atoms with Crippen molar-refractivity contribution >= 4 is 58.2 Å². The zero-order chi connectivity index (χ0) is 18.0. The first-order valence-corrected chi connectivity index (χ1v) is 8.88. The fourth-order valence-electron chi connectivity index (χ4n) is 1.80. The van der Waals surface area contributed by atoms with E-state index >= 15 is 0 Å². The van der Waals surface area contributed by atoms with E-state index < -0.39 is 0 Å². The summed E-state index contributed by atoms with van der Waals surface area (Å²) in [6, 6.07) is 4.64. The monoisotopic (exact) mass is 418 g/mol. The van der Waals surface area contributed by atoms with Gasteiger partial charge in [0.25, 0.3) is 11.1 Å². The van der Waals surface area contributed by atoms with Crippen LogP contribution in [0.3, 0.4) is 0 Å². The van der Waals surface area contributed by atoms with Crippen LogP contribution in [0.15, 0.2) is 32.4 Å². The van der Waals surface area contributed by atoms with E-state index in [1.165, 1.54) is 12.1 Å². The van der Waals surface area contributed by atoms with Gasteiger partial charge in [0.05, 0.1) is 21.5 Å². The van der Waals surface area contributed by atoms with Crippen molar-refractivity contribution in [3.8, 4) is 11.6 Å². The minimum Gasteiger partial charge on any atom is -0.409 e. The van der Waals surface area contributed by atoms with E-state index in [0.29, 0.717) is 22.2 Å². The normalized spacial score (nSPS) is 10.9. The van der Waals surface area contributed by atoms with E-state index in [0.717, 1.165) is 11.8 Å². The predicted octanol–water partition coefficient (Wildman–Crippen LogP) is 4.72. The molecule has 11 heteroatoms. The summed E-state index contributed by atoms with van der Waals surface area (Å²) in [5.74, 6) is 0.518. The van der Waals surface area contributed by atoms with Crippen molar-refractivity contribution in [2.75, 3.05) is 11.1 Å². The molecule has 0 unspecified atom stereocenters. The molecule has 3 rings (SSSR count). The smallest absolute Gasteiger partial charge is 0.277 e. The molecule has 0 aliphatic rings. The van der Waals surface area contributed by atoms with Crippen molar-refractivity contribution in [3.63, 3.8) is 0 Å². The molecule has 0 saturated carbocycles. The van der Waals surface area contributed by atoms with Gasteiger partial charge in [0.15, 0.2) is 5.69 Å². The van der Waals surface area contributed by atoms with E-state index in [2.05, 4.69) is 20.7 Å². The highest BCUT2D eigenvalue weighted by molar-refractivity contribution is 7.99. The number of nitrogens with zero attached hydrogens (tertiary/aromatic N) is 3. The van der Waals surface area contributed by atoms with Gasteiger partial charge in [-0.15, -0.1) is 10.2 Å². The summed E-state index contributed by atoms with van der Waals surface area (Å²) < 4.78 is 10.4. The molecule has 0 radical (unpaired) electrons. The Bertz CT molecular complexity index is 905. The maximum atomic E-state index is 12.1. The number of nitrogens with one attached hydrogen (secondary N) is 1. The van der Waals surface area contributed by atoms with Crippen molar-refractivity contribution in [2.24, 2.45) is 0 Å². The molecule has 1 aromatic carbocycles. The Morgan fingerprint density at radius 1 is 1.20 bits per heavy atom. The van der Waals surface area contributed by atoms with Gasteiger partial charge in [-0.2, -0.15) is 0 Å². The summed E-state index contributed by atoms with van der Waals surface area (Å²) in [5.41, 5.74) is 0.726. The summed E-state index contributed by atoms with van der Waals surface area (Å²) >= 11 is 18.9. The second-order valence-corrected chi connectivity index (χ2v) is 6.95. The van der Waals surface area contributed by atoms with Crippen LogP contribution in [0.25, 0.3) is 11.6 Å². The molecule has 0 saturated heterocycles. The van der Waals surface area contributed by atoms with Gasteiger partial charge in [-0.25, -0.2) is 0 Å². The molecule has 3 aromatic rings. The van der Waals surface area contributed by atoms with Crippen molar-refractivity contribution in [3.05, 3.63) is 39.0 Å². The quantitative estimate of drug-likeness (QED) is 0.598. The van der Waals surface area contributed by atoms with Gasteiger partial charge in [-0.1, -0.05) is 51.7 Å². The van der Waals surface area contributed by atoms with E-state index in [-0.39, 0.29) is 32.8 Å². The molecule has 0 aliphatic carbocycles. The number of rotatable bonds is 5. The molecule has 2 heterocycles. The number of amides is 1. The molecule has 0 fully saturated rings. The largest absolute Gasteiger partial charge is 0.409 e. The van der Waals surface area contributed by atoms with E-state index in [1.807, 2.05) is 0 Å². The number of aromatic nitrogens is 3. The SMILES string of the molecule is Cc1cc(-c2nnc(SCC(=O)Nc3c(Cl)cc(Cl)cc3Cl)o2)no1.